The zero-order valence-corrected chi connectivity index (χ0v) is 12.9. The lowest BCUT2D eigenvalue weighted by Gasteiger charge is -2.40. The molecule has 2 fully saturated rings. The summed E-state index contributed by atoms with van der Waals surface area (Å²) in [5, 5.41) is 0. The van der Waals surface area contributed by atoms with E-state index in [-0.39, 0.29) is 0 Å². The van der Waals surface area contributed by atoms with E-state index in [4.69, 9.17) is 5.84 Å². The van der Waals surface area contributed by atoms with Crippen molar-refractivity contribution in [1.82, 2.24) is 10.3 Å². The zero-order valence-electron chi connectivity index (χ0n) is 12.9. The van der Waals surface area contributed by atoms with Crippen LogP contribution in [-0.4, -0.2) is 24.0 Å². The third kappa shape index (κ3) is 2.39. The Morgan fingerprint density at radius 1 is 1.20 bits per heavy atom. The molecule has 3 nitrogen and oxygen atoms in total. The van der Waals surface area contributed by atoms with Gasteiger partial charge in [-0.05, 0) is 63.6 Å². The van der Waals surface area contributed by atoms with Crippen molar-refractivity contribution in [2.45, 2.75) is 57.7 Å². The lowest BCUT2D eigenvalue weighted by atomic mass is 9.81. The Kier molecular flexibility index (Phi) is 3.85. The Hall–Kier alpha value is -0.900. The number of benzene rings is 1. The summed E-state index contributed by atoms with van der Waals surface area (Å²) in [5.41, 5.74) is 7.18. The van der Waals surface area contributed by atoms with Gasteiger partial charge >= 0.3 is 0 Å². The molecule has 0 saturated carbocycles. The summed E-state index contributed by atoms with van der Waals surface area (Å²) in [5.74, 6) is 6.59. The first-order valence-electron chi connectivity index (χ1n) is 7.85. The van der Waals surface area contributed by atoms with Gasteiger partial charge in [0.15, 0.2) is 0 Å². The fraction of sp³-hybridized carbons (Fsp3) is 0.647. The summed E-state index contributed by atoms with van der Waals surface area (Å²) in [4.78, 5) is 2.59. The Balaban J connectivity index is 1.83. The average Bonchev–Trinajstić information content (AvgIpc) is 2.64. The Morgan fingerprint density at radius 2 is 1.85 bits per heavy atom. The van der Waals surface area contributed by atoms with Crippen molar-refractivity contribution in [3.63, 3.8) is 0 Å². The number of nitrogens with zero attached hydrogens (tertiary/aromatic N) is 1. The summed E-state index contributed by atoms with van der Waals surface area (Å²) < 4.78 is 0. The number of hydrazine groups is 1. The highest BCUT2D eigenvalue weighted by Crippen LogP contribution is 2.42. The van der Waals surface area contributed by atoms with E-state index in [1.54, 1.807) is 0 Å². The topological polar surface area (TPSA) is 41.3 Å². The second kappa shape index (κ2) is 5.47. The van der Waals surface area contributed by atoms with Crippen LogP contribution in [0.2, 0.25) is 0 Å². The molecule has 1 aromatic carbocycles. The van der Waals surface area contributed by atoms with E-state index < -0.39 is 0 Å². The van der Waals surface area contributed by atoms with Gasteiger partial charge in [-0.1, -0.05) is 23.8 Å². The van der Waals surface area contributed by atoms with Crippen molar-refractivity contribution in [2.24, 2.45) is 11.8 Å². The van der Waals surface area contributed by atoms with Gasteiger partial charge in [-0.2, -0.15) is 0 Å². The number of hydrogen-bond donors (Lipinski definition) is 2. The fourth-order valence-corrected chi connectivity index (χ4v) is 4.38. The maximum atomic E-state index is 5.92. The Labute approximate surface area is 122 Å². The molecule has 1 aromatic rings. The van der Waals surface area contributed by atoms with Crippen LogP contribution < -0.4 is 11.3 Å². The van der Waals surface area contributed by atoms with Crippen molar-refractivity contribution in [3.05, 3.63) is 34.9 Å². The molecule has 0 spiro atoms. The molecule has 3 heteroatoms. The number of piperidine rings is 1. The van der Waals surface area contributed by atoms with E-state index in [0.717, 1.165) is 12.1 Å². The van der Waals surface area contributed by atoms with Crippen molar-refractivity contribution >= 4 is 0 Å². The smallest absolute Gasteiger partial charge is 0.0491 e. The van der Waals surface area contributed by atoms with Gasteiger partial charge in [0.2, 0.25) is 0 Å². The van der Waals surface area contributed by atoms with E-state index in [1.807, 2.05) is 0 Å². The van der Waals surface area contributed by atoms with Gasteiger partial charge in [0.1, 0.15) is 0 Å². The molecule has 0 aromatic heterocycles. The van der Waals surface area contributed by atoms with E-state index in [0.29, 0.717) is 12.0 Å². The van der Waals surface area contributed by atoms with E-state index in [2.05, 4.69) is 49.4 Å². The van der Waals surface area contributed by atoms with Gasteiger partial charge in [-0.25, -0.2) is 0 Å². The van der Waals surface area contributed by atoms with E-state index >= 15 is 0 Å². The number of nitrogens with one attached hydrogen (secondary N) is 1. The summed E-state index contributed by atoms with van der Waals surface area (Å²) in [6.07, 6.45) is 5.27. The molecule has 2 bridgehead atoms. The third-order valence-corrected chi connectivity index (χ3v) is 5.55. The first-order valence-corrected chi connectivity index (χ1v) is 7.85. The molecule has 0 aliphatic carbocycles. The van der Waals surface area contributed by atoms with Crippen LogP contribution in [0, 0.1) is 19.8 Å². The summed E-state index contributed by atoms with van der Waals surface area (Å²) >= 11 is 0. The number of rotatable bonds is 3. The van der Waals surface area contributed by atoms with Crippen molar-refractivity contribution in [3.8, 4) is 0 Å². The highest BCUT2D eigenvalue weighted by atomic mass is 15.2. The zero-order chi connectivity index (χ0) is 14.3. The molecular weight excluding hydrogens is 246 g/mol. The number of nitrogens with two attached hydrogens (primary N) is 1. The van der Waals surface area contributed by atoms with Crippen LogP contribution >= 0.6 is 0 Å². The van der Waals surface area contributed by atoms with Gasteiger partial charge in [-0.3, -0.25) is 11.3 Å². The molecule has 2 aliphatic rings. The maximum Gasteiger partial charge on any atom is 0.0491 e. The molecule has 3 N–H and O–H groups in total. The third-order valence-electron chi connectivity index (χ3n) is 5.55. The van der Waals surface area contributed by atoms with Gasteiger partial charge < -0.3 is 4.90 Å². The molecular formula is C17H27N3. The monoisotopic (exact) mass is 273 g/mol. The molecule has 2 heterocycles. The lowest BCUT2D eigenvalue weighted by molar-refractivity contribution is 0.112. The summed E-state index contributed by atoms with van der Waals surface area (Å²) in [6, 6.07) is 8.56. The van der Waals surface area contributed by atoms with Gasteiger partial charge in [0.05, 0.1) is 0 Å². The van der Waals surface area contributed by atoms with Gasteiger partial charge in [0, 0.05) is 18.1 Å². The maximum absolute atomic E-state index is 5.92. The van der Waals surface area contributed by atoms with Crippen LogP contribution in [0.25, 0.3) is 0 Å². The predicted octanol–water partition coefficient (Wildman–Crippen LogP) is 2.68. The standard InChI is InChI=1S/C17H27N3/c1-11-4-7-16(12(2)8-11)17(19-18)13-9-14-5-6-15(10-13)20(14)3/h4,7-8,13-15,17,19H,5-6,9-10,18H2,1-3H3. The molecule has 110 valence electrons. The second-order valence-electron chi connectivity index (χ2n) is 6.79. The van der Waals surface area contributed by atoms with Crippen LogP contribution in [0.3, 0.4) is 0 Å². The Morgan fingerprint density at radius 3 is 2.40 bits per heavy atom. The van der Waals surface area contributed by atoms with Crippen LogP contribution in [0.15, 0.2) is 18.2 Å². The predicted molar refractivity (Wildman–Crippen MR) is 83.3 cm³/mol. The molecule has 3 atom stereocenters. The molecule has 2 aliphatic heterocycles. The largest absolute Gasteiger partial charge is 0.300 e. The van der Waals surface area contributed by atoms with Crippen molar-refractivity contribution in [2.75, 3.05) is 7.05 Å². The van der Waals surface area contributed by atoms with E-state index in [1.165, 1.54) is 42.4 Å². The fourth-order valence-electron chi connectivity index (χ4n) is 4.38. The quantitative estimate of drug-likeness (QED) is 0.657. The average molecular weight is 273 g/mol. The minimum Gasteiger partial charge on any atom is -0.300 e. The summed E-state index contributed by atoms with van der Waals surface area (Å²) in [7, 11) is 2.29. The van der Waals surface area contributed by atoms with Crippen LogP contribution in [0.1, 0.15) is 48.4 Å². The minimum atomic E-state index is 0.299. The molecule has 20 heavy (non-hydrogen) atoms. The first kappa shape index (κ1) is 14.1. The van der Waals surface area contributed by atoms with Crippen molar-refractivity contribution < 1.29 is 0 Å². The van der Waals surface area contributed by atoms with Crippen LogP contribution in [0.4, 0.5) is 0 Å². The number of aryl methyl sites for hydroxylation is 2. The lowest BCUT2D eigenvalue weighted by Crippen LogP contribution is -2.45. The number of hydrogen-bond acceptors (Lipinski definition) is 3. The van der Waals surface area contributed by atoms with Gasteiger partial charge in [0.25, 0.3) is 0 Å². The van der Waals surface area contributed by atoms with Gasteiger partial charge in [-0.15, -0.1) is 0 Å². The molecule has 0 amide bonds. The van der Waals surface area contributed by atoms with E-state index in [9.17, 15) is 0 Å². The SMILES string of the molecule is Cc1ccc(C(NN)C2CC3CCC(C2)N3C)c(C)c1. The first-order chi connectivity index (χ1) is 9.60. The van der Waals surface area contributed by atoms with Crippen LogP contribution in [0.5, 0.6) is 0 Å². The molecule has 0 radical (unpaired) electrons. The normalized spacial score (nSPS) is 31.5. The van der Waals surface area contributed by atoms with Crippen molar-refractivity contribution in [1.29, 1.82) is 0 Å². The highest BCUT2D eigenvalue weighted by molar-refractivity contribution is 5.33. The number of fused-ring (bicyclic) bond motifs is 2. The minimum absolute atomic E-state index is 0.299. The molecule has 3 rings (SSSR count). The van der Waals surface area contributed by atoms with Crippen LogP contribution in [-0.2, 0) is 0 Å². The highest BCUT2D eigenvalue weighted by Gasteiger charge is 2.41. The second-order valence-corrected chi connectivity index (χ2v) is 6.79. The summed E-state index contributed by atoms with van der Waals surface area (Å²) in [6.45, 7) is 4.35. The molecule has 3 unspecified atom stereocenters. The Bertz CT molecular complexity index is 471. The molecule has 2 saturated heterocycles.